The standard InChI is InChI=1S/C17H24N4/c1-2-9-19(8-1)13-14-21-12-7-15-5-6-16(18-17(15)21)20-10-3-4-11-20/h5-7,12H,1-4,8-11,13-14H2. The molecule has 2 aliphatic heterocycles. The number of hydrogen-bond donors (Lipinski definition) is 0. The van der Waals surface area contributed by atoms with E-state index in [-0.39, 0.29) is 0 Å². The lowest BCUT2D eigenvalue weighted by Crippen LogP contribution is -2.24. The van der Waals surface area contributed by atoms with E-state index in [1.54, 1.807) is 0 Å². The van der Waals surface area contributed by atoms with E-state index in [0.717, 1.165) is 37.6 Å². The first-order valence-electron chi connectivity index (χ1n) is 8.33. The van der Waals surface area contributed by atoms with Crippen LogP contribution in [0.2, 0.25) is 0 Å². The minimum Gasteiger partial charge on any atom is -0.357 e. The molecular formula is C17H24N4. The van der Waals surface area contributed by atoms with Gasteiger partial charge in [0.25, 0.3) is 0 Å². The zero-order valence-corrected chi connectivity index (χ0v) is 12.7. The fourth-order valence-corrected chi connectivity index (χ4v) is 3.61. The monoisotopic (exact) mass is 284 g/mol. The highest BCUT2D eigenvalue weighted by atomic mass is 15.2. The lowest BCUT2D eigenvalue weighted by Gasteiger charge is -2.17. The topological polar surface area (TPSA) is 24.3 Å². The van der Waals surface area contributed by atoms with E-state index in [2.05, 4.69) is 38.8 Å². The largest absolute Gasteiger partial charge is 0.357 e. The molecule has 2 saturated heterocycles. The summed E-state index contributed by atoms with van der Waals surface area (Å²) in [6.07, 6.45) is 7.53. The van der Waals surface area contributed by atoms with Crippen molar-refractivity contribution in [3.63, 3.8) is 0 Å². The Hall–Kier alpha value is -1.55. The van der Waals surface area contributed by atoms with Crippen molar-refractivity contribution in [3.8, 4) is 0 Å². The first-order valence-corrected chi connectivity index (χ1v) is 8.33. The van der Waals surface area contributed by atoms with Gasteiger partial charge in [0.2, 0.25) is 0 Å². The van der Waals surface area contributed by atoms with Crippen molar-refractivity contribution < 1.29 is 0 Å². The molecular weight excluding hydrogens is 260 g/mol. The van der Waals surface area contributed by atoms with Crippen molar-refractivity contribution in [1.82, 2.24) is 14.5 Å². The lowest BCUT2D eigenvalue weighted by molar-refractivity contribution is 0.324. The van der Waals surface area contributed by atoms with Crippen LogP contribution >= 0.6 is 0 Å². The third kappa shape index (κ3) is 2.64. The fourth-order valence-electron chi connectivity index (χ4n) is 3.61. The van der Waals surface area contributed by atoms with Gasteiger partial charge in [0.1, 0.15) is 11.5 Å². The van der Waals surface area contributed by atoms with E-state index >= 15 is 0 Å². The Balaban J connectivity index is 1.55. The van der Waals surface area contributed by atoms with Crippen molar-refractivity contribution in [3.05, 3.63) is 24.4 Å². The highest BCUT2D eigenvalue weighted by Gasteiger charge is 2.15. The van der Waals surface area contributed by atoms with Gasteiger partial charge in [0, 0.05) is 37.8 Å². The molecule has 2 fully saturated rings. The van der Waals surface area contributed by atoms with Crippen LogP contribution in [0.15, 0.2) is 24.4 Å². The predicted octanol–water partition coefficient (Wildman–Crippen LogP) is 2.73. The third-order valence-corrected chi connectivity index (χ3v) is 4.88. The SMILES string of the molecule is c1cc2ccn(CCN3CCCC3)c2nc1N1CCCC1. The van der Waals surface area contributed by atoms with Gasteiger partial charge >= 0.3 is 0 Å². The van der Waals surface area contributed by atoms with Gasteiger partial charge in [0.05, 0.1) is 0 Å². The van der Waals surface area contributed by atoms with Gasteiger partial charge in [-0.15, -0.1) is 0 Å². The average Bonchev–Trinajstić information content (AvgIpc) is 3.25. The molecule has 0 radical (unpaired) electrons. The second kappa shape index (κ2) is 5.68. The Morgan fingerprint density at radius 3 is 2.43 bits per heavy atom. The van der Waals surface area contributed by atoms with Gasteiger partial charge in [-0.2, -0.15) is 0 Å². The Labute approximate surface area is 126 Å². The van der Waals surface area contributed by atoms with Gasteiger partial charge in [0.15, 0.2) is 0 Å². The minimum absolute atomic E-state index is 1.06. The highest BCUT2D eigenvalue weighted by molar-refractivity contribution is 5.78. The zero-order chi connectivity index (χ0) is 14.1. The molecule has 0 unspecified atom stereocenters. The number of likely N-dealkylation sites (tertiary alicyclic amines) is 1. The van der Waals surface area contributed by atoms with Crippen LogP contribution in [0.1, 0.15) is 25.7 Å². The minimum atomic E-state index is 1.06. The van der Waals surface area contributed by atoms with E-state index in [1.807, 2.05) is 0 Å². The van der Waals surface area contributed by atoms with E-state index in [0.29, 0.717) is 0 Å². The summed E-state index contributed by atoms with van der Waals surface area (Å²) in [6, 6.07) is 6.60. The van der Waals surface area contributed by atoms with Crippen molar-refractivity contribution in [2.24, 2.45) is 0 Å². The van der Waals surface area contributed by atoms with Crippen LogP contribution in [0, 0.1) is 0 Å². The molecule has 2 aliphatic rings. The number of fused-ring (bicyclic) bond motifs is 1. The second-order valence-corrected chi connectivity index (χ2v) is 6.33. The first-order chi connectivity index (χ1) is 10.4. The van der Waals surface area contributed by atoms with E-state index < -0.39 is 0 Å². The smallest absolute Gasteiger partial charge is 0.142 e. The third-order valence-electron chi connectivity index (χ3n) is 4.88. The maximum absolute atomic E-state index is 4.93. The maximum Gasteiger partial charge on any atom is 0.142 e. The number of hydrogen-bond acceptors (Lipinski definition) is 3. The Morgan fingerprint density at radius 2 is 1.62 bits per heavy atom. The van der Waals surface area contributed by atoms with Gasteiger partial charge in [-0.25, -0.2) is 4.98 Å². The van der Waals surface area contributed by atoms with E-state index in [4.69, 9.17) is 4.98 Å². The first kappa shape index (κ1) is 13.1. The van der Waals surface area contributed by atoms with Crippen LogP contribution in [0.5, 0.6) is 0 Å². The van der Waals surface area contributed by atoms with Crippen molar-refractivity contribution >= 4 is 16.9 Å². The average molecular weight is 284 g/mol. The fraction of sp³-hybridized carbons (Fsp3) is 0.588. The molecule has 0 aromatic carbocycles. The molecule has 4 nitrogen and oxygen atoms in total. The molecule has 4 rings (SSSR count). The summed E-state index contributed by atoms with van der Waals surface area (Å²) in [5.74, 6) is 1.15. The molecule has 0 atom stereocenters. The maximum atomic E-state index is 4.93. The van der Waals surface area contributed by atoms with E-state index in [1.165, 1.54) is 44.2 Å². The molecule has 21 heavy (non-hydrogen) atoms. The number of pyridine rings is 1. The van der Waals surface area contributed by atoms with Crippen LogP contribution in [0.4, 0.5) is 5.82 Å². The number of rotatable bonds is 4. The summed E-state index contributed by atoms with van der Waals surface area (Å²) in [4.78, 5) is 9.91. The highest BCUT2D eigenvalue weighted by Crippen LogP contribution is 2.22. The summed E-state index contributed by atoms with van der Waals surface area (Å²) in [5.41, 5.74) is 1.15. The molecule has 2 aromatic heterocycles. The van der Waals surface area contributed by atoms with Crippen molar-refractivity contribution in [1.29, 1.82) is 0 Å². The molecule has 0 bridgehead atoms. The van der Waals surface area contributed by atoms with Crippen LogP contribution in [-0.4, -0.2) is 47.2 Å². The van der Waals surface area contributed by atoms with Gasteiger partial charge < -0.3 is 14.4 Å². The predicted molar refractivity (Wildman–Crippen MR) is 86.9 cm³/mol. The zero-order valence-electron chi connectivity index (χ0n) is 12.7. The molecule has 4 heteroatoms. The summed E-state index contributed by atoms with van der Waals surface area (Å²) in [6.45, 7) is 7.07. The summed E-state index contributed by atoms with van der Waals surface area (Å²) < 4.78 is 2.33. The van der Waals surface area contributed by atoms with Gasteiger partial charge in [-0.1, -0.05) is 0 Å². The normalized spacial score (nSPS) is 19.9. The Morgan fingerprint density at radius 1 is 0.857 bits per heavy atom. The number of aromatic nitrogens is 2. The quantitative estimate of drug-likeness (QED) is 0.863. The molecule has 0 saturated carbocycles. The van der Waals surface area contributed by atoms with Crippen LogP contribution in [0.25, 0.3) is 11.0 Å². The molecule has 2 aromatic rings. The summed E-state index contributed by atoms with van der Waals surface area (Å²) in [7, 11) is 0. The van der Waals surface area contributed by atoms with Gasteiger partial charge in [-0.05, 0) is 57.0 Å². The van der Waals surface area contributed by atoms with Crippen LogP contribution in [-0.2, 0) is 6.54 Å². The van der Waals surface area contributed by atoms with Gasteiger partial charge in [-0.3, -0.25) is 0 Å². The van der Waals surface area contributed by atoms with Crippen LogP contribution < -0.4 is 4.90 Å². The molecule has 4 heterocycles. The molecule has 0 spiro atoms. The number of anilines is 1. The van der Waals surface area contributed by atoms with Crippen molar-refractivity contribution in [2.45, 2.75) is 32.2 Å². The summed E-state index contributed by atoms with van der Waals surface area (Å²) in [5, 5.41) is 1.26. The molecule has 0 aliphatic carbocycles. The molecule has 0 N–H and O–H groups in total. The van der Waals surface area contributed by atoms with E-state index in [9.17, 15) is 0 Å². The lowest BCUT2D eigenvalue weighted by atomic mass is 10.3. The molecule has 112 valence electrons. The van der Waals surface area contributed by atoms with Crippen molar-refractivity contribution in [2.75, 3.05) is 37.6 Å². The molecule has 0 amide bonds. The summed E-state index contributed by atoms with van der Waals surface area (Å²) >= 11 is 0. The number of nitrogens with zero attached hydrogens (tertiary/aromatic N) is 4. The van der Waals surface area contributed by atoms with Crippen LogP contribution in [0.3, 0.4) is 0 Å². The Bertz CT molecular complexity index is 606. The second-order valence-electron chi connectivity index (χ2n) is 6.33. The Kier molecular flexibility index (Phi) is 3.55.